The van der Waals surface area contributed by atoms with E-state index >= 15 is 0 Å². The fourth-order valence-electron chi connectivity index (χ4n) is 4.11. The lowest BCUT2D eigenvalue weighted by Gasteiger charge is -2.26. The van der Waals surface area contributed by atoms with Crippen LogP contribution < -0.4 is 20.4 Å². The third-order valence-corrected chi connectivity index (χ3v) is 6.09. The molecule has 0 saturated carbocycles. The van der Waals surface area contributed by atoms with E-state index in [1.165, 1.54) is 4.90 Å². The Morgan fingerprint density at radius 2 is 1.91 bits per heavy atom. The summed E-state index contributed by atoms with van der Waals surface area (Å²) in [5, 5.41) is 2.89. The van der Waals surface area contributed by atoms with Crippen LogP contribution in [0, 0.1) is 13.8 Å². The molecule has 1 fully saturated rings. The Balaban J connectivity index is 1.84. The molecule has 1 saturated heterocycles. The van der Waals surface area contributed by atoms with Gasteiger partial charge in [-0.15, -0.1) is 0 Å². The number of rotatable bonds is 12. The Bertz CT molecular complexity index is 981. The van der Waals surface area contributed by atoms with Gasteiger partial charge in [0.05, 0.1) is 32.0 Å². The lowest BCUT2D eigenvalue weighted by molar-refractivity contribution is -0.908. The van der Waals surface area contributed by atoms with E-state index in [9.17, 15) is 9.59 Å². The van der Waals surface area contributed by atoms with E-state index in [2.05, 4.69) is 9.88 Å². The molecule has 1 amide bonds. The molecule has 0 spiro atoms. The zero-order chi connectivity index (χ0) is 24.3. The van der Waals surface area contributed by atoms with Gasteiger partial charge in [-0.2, -0.15) is 0 Å². The van der Waals surface area contributed by atoms with Gasteiger partial charge in [0.1, 0.15) is 31.0 Å². The number of hydrogen-bond donors (Lipinski definition) is 2. The van der Waals surface area contributed by atoms with Crippen LogP contribution in [-0.4, -0.2) is 63.1 Å². The maximum Gasteiger partial charge on any atom is 0.257 e. The summed E-state index contributed by atoms with van der Waals surface area (Å²) in [5.74, 6) is 0.337. The predicted molar refractivity (Wildman–Crippen MR) is 131 cm³/mol. The molecule has 0 bridgehead atoms. The van der Waals surface area contributed by atoms with Crippen molar-refractivity contribution in [3.63, 3.8) is 0 Å². The lowest BCUT2D eigenvalue weighted by atomic mass is 10.1. The molecule has 1 aromatic carbocycles. The summed E-state index contributed by atoms with van der Waals surface area (Å²) in [5.41, 5.74) is 2.46. The van der Waals surface area contributed by atoms with E-state index in [1.54, 1.807) is 6.07 Å². The number of pyridine rings is 1. The van der Waals surface area contributed by atoms with Crippen molar-refractivity contribution in [1.29, 1.82) is 0 Å². The number of carbonyl (C=O) groups is 1. The second-order valence-electron chi connectivity index (χ2n) is 8.64. The van der Waals surface area contributed by atoms with Crippen LogP contribution in [-0.2, 0) is 22.6 Å². The number of ether oxygens (including phenoxy) is 3. The molecule has 1 aliphatic heterocycles. The standard InChI is InChI=1S/C26H37N3O5/c1-4-32-15-5-10-27-26(31)25-23(19-34-22-8-6-20(2)7-9-22)29(21(3)18-24(25)30)12-11-28-13-16-33-17-14-28/h6-9,18H,4-5,10-17,19H2,1-3H3,(H,27,31)/p+1. The first-order valence-corrected chi connectivity index (χ1v) is 12.2. The zero-order valence-corrected chi connectivity index (χ0v) is 20.7. The third kappa shape index (κ3) is 7.41. The summed E-state index contributed by atoms with van der Waals surface area (Å²) in [7, 11) is 0. The van der Waals surface area contributed by atoms with Crippen LogP contribution in [0.3, 0.4) is 0 Å². The van der Waals surface area contributed by atoms with Crippen LogP contribution in [0.5, 0.6) is 5.75 Å². The largest absolute Gasteiger partial charge is 0.487 e. The van der Waals surface area contributed by atoms with Crippen molar-refractivity contribution in [3.05, 3.63) is 63.1 Å². The van der Waals surface area contributed by atoms with Crippen LogP contribution in [0.1, 0.15) is 40.7 Å². The second-order valence-corrected chi connectivity index (χ2v) is 8.64. The monoisotopic (exact) mass is 472 g/mol. The number of aryl methyl sites for hydroxylation is 2. The molecule has 0 radical (unpaired) electrons. The summed E-state index contributed by atoms with van der Waals surface area (Å²) in [6, 6.07) is 9.32. The Hall–Kier alpha value is -2.68. The molecule has 8 heteroatoms. The van der Waals surface area contributed by atoms with Gasteiger partial charge in [0.15, 0.2) is 5.43 Å². The summed E-state index contributed by atoms with van der Waals surface area (Å²) in [4.78, 5) is 27.5. The van der Waals surface area contributed by atoms with Crippen molar-refractivity contribution >= 4 is 5.91 Å². The van der Waals surface area contributed by atoms with E-state index in [1.807, 2.05) is 45.0 Å². The van der Waals surface area contributed by atoms with Gasteiger partial charge < -0.3 is 29.0 Å². The molecular weight excluding hydrogens is 434 g/mol. The summed E-state index contributed by atoms with van der Waals surface area (Å²) < 4.78 is 18.9. The van der Waals surface area contributed by atoms with Crippen LogP contribution in [0.2, 0.25) is 0 Å². The fourth-order valence-corrected chi connectivity index (χ4v) is 4.11. The SMILES string of the molecule is CCOCCCNC(=O)c1c(COc2ccc(C)cc2)n(CC[NH+]2CCOCC2)c(C)cc1=O. The molecule has 3 rings (SSSR count). The summed E-state index contributed by atoms with van der Waals surface area (Å²) in [6.07, 6.45) is 0.690. The van der Waals surface area contributed by atoms with Crippen molar-refractivity contribution in [2.75, 3.05) is 52.6 Å². The Labute approximate surface area is 201 Å². The molecule has 0 aliphatic carbocycles. The average molecular weight is 473 g/mol. The molecule has 1 aliphatic rings. The molecular formula is C26H38N3O5+. The van der Waals surface area contributed by atoms with Gasteiger partial charge in [0.2, 0.25) is 0 Å². The van der Waals surface area contributed by atoms with Gasteiger partial charge in [0, 0.05) is 31.5 Å². The second kappa shape index (κ2) is 13.3. The maximum atomic E-state index is 13.1. The molecule has 2 N–H and O–H groups in total. The van der Waals surface area contributed by atoms with Crippen LogP contribution in [0.4, 0.5) is 0 Å². The van der Waals surface area contributed by atoms with E-state index in [-0.39, 0.29) is 23.5 Å². The molecule has 8 nitrogen and oxygen atoms in total. The van der Waals surface area contributed by atoms with Crippen molar-refractivity contribution in [3.8, 4) is 5.75 Å². The number of amides is 1. The highest BCUT2D eigenvalue weighted by molar-refractivity contribution is 5.95. The van der Waals surface area contributed by atoms with E-state index in [4.69, 9.17) is 14.2 Å². The van der Waals surface area contributed by atoms with Crippen molar-refractivity contribution in [2.24, 2.45) is 0 Å². The van der Waals surface area contributed by atoms with E-state index < -0.39 is 0 Å². The zero-order valence-electron chi connectivity index (χ0n) is 20.7. The molecule has 186 valence electrons. The minimum Gasteiger partial charge on any atom is -0.487 e. The Morgan fingerprint density at radius 1 is 1.18 bits per heavy atom. The van der Waals surface area contributed by atoms with Gasteiger partial charge in [-0.3, -0.25) is 9.59 Å². The van der Waals surface area contributed by atoms with Crippen molar-refractivity contribution < 1.29 is 23.9 Å². The maximum absolute atomic E-state index is 13.1. The van der Waals surface area contributed by atoms with Crippen LogP contribution in [0.15, 0.2) is 35.1 Å². The topological polar surface area (TPSA) is 83.2 Å². The van der Waals surface area contributed by atoms with Gasteiger partial charge in [-0.1, -0.05) is 17.7 Å². The number of nitrogens with one attached hydrogen (secondary N) is 2. The summed E-state index contributed by atoms with van der Waals surface area (Å²) in [6.45, 7) is 12.7. The first-order valence-electron chi connectivity index (χ1n) is 12.2. The van der Waals surface area contributed by atoms with Crippen molar-refractivity contribution in [1.82, 2.24) is 9.88 Å². The molecule has 2 aromatic rings. The first-order chi connectivity index (χ1) is 16.5. The third-order valence-electron chi connectivity index (χ3n) is 6.09. The first kappa shape index (κ1) is 25.9. The molecule has 2 heterocycles. The fraction of sp³-hybridized carbons (Fsp3) is 0.538. The number of nitrogens with zero attached hydrogens (tertiary/aromatic N) is 1. The predicted octanol–water partition coefficient (Wildman–Crippen LogP) is 1.12. The number of morpholine rings is 1. The highest BCUT2D eigenvalue weighted by atomic mass is 16.5. The Kier molecular flexibility index (Phi) is 10.1. The summed E-state index contributed by atoms with van der Waals surface area (Å²) >= 11 is 0. The van der Waals surface area contributed by atoms with E-state index in [0.717, 1.165) is 44.1 Å². The smallest absolute Gasteiger partial charge is 0.257 e. The highest BCUT2D eigenvalue weighted by Gasteiger charge is 2.22. The normalized spacial score (nSPS) is 14.2. The molecule has 34 heavy (non-hydrogen) atoms. The quantitative estimate of drug-likeness (QED) is 0.453. The minimum absolute atomic E-state index is 0.139. The number of aromatic nitrogens is 1. The van der Waals surface area contributed by atoms with E-state index in [0.29, 0.717) is 44.2 Å². The molecule has 1 aromatic heterocycles. The number of hydrogen-bond acceptors (Lipinski definition) is 5. The Morgan fingerprint density at radius 3 is 2.62 bits per heavy atom. The lowest BCUT2D eigenvalue weighted by Crippen LogP contribution is -3.14. The number of quaternary nitrogens is 1. The number of benzene rings is 1. The van der Waals surface area contributed by atoms with Crippen molar-refractivity contribution in [2.45, 2.75) is 40.3 Å². The van der Waals surface area contributed by atoms with Crippen LogP contribution >= 0.6 is 0 Å². The molecule has 0 atom stereocenters. The molecule has 0 unspecified atom stereocenters. The van der Waals surface area contributed by atoms with Gasteiger partial charge in [0.25, 0.3) is 5.91 Å². The van der Waals surface area contributed by atoms with Gasteiger partial charge in [-0.05, 0) is 39.3 Å². The average Bonchev–Trinajstić information content (AvgIpc) is 2.83. The van der Waals surface area contributed by atoms with Crippen LogP contribution in [0.25, 0.3) is 0 Å². The number of carbonyl (C=O) groups excluding carboxylic acids is 1. The minimum atomic E-state index is -0.364. The van der Waals surface area contributed by atoms with Gasteiger partial charge in [-0.25, -0.2) is 0 Å². The highest BCUT2D eigenvalue weighted by Crippen LogP contribution is 2.16. The van der Waals surface area contributed by atoms with Gasteiger partial charge >= 0.3 is 0 Å².